The molecule has 0 atom stereocenters. The van der Waals surface area contributed by atoms with Gasteiger partial charge in [-0.25, -0.2) is 15.1 Å². The van der Waals surface area contributed by atoms with Gasteiger partial charge in [0.1, 0.15) is 17.8 Å². The molecule has 0 spiro atoms. The summed E-state index contributed by atoms with van der Waals surface area (Å²) in [5.74, 6) is 1.51. The Morgan fingerprint density at radius 2 is 2.06 bits per heavy atom. The molecule has 0 radical (unpaired) electrons. The first-order valence-corrected chi connectivity index (χ1v) is 10.2. The van der Waals surface area contributed by atoms with E-state index >= 15 is 0 Å². The Bertz CT molecular complexity index is 1220. The number of carbonyl (C=O) groups excluding carboxylic acids is 1. The molecular formula is C21H23N9O. The van der Waals surface area contributed by atoms with Gasteiger partial charge < -0.3 is 15.2 Å². The maximum absolute atomic E-state index is 13.1. The quantitative estimate of drug-likeness (QED) is 0.466. The van der Waals surface area contributed by atoms with Crippen molar-refractivity contribution in [1.29, 1.82) is 0 Å². The normalized spacial score (nSPS) is 15.9. The van der Waals surface area contributed by atoms with Gasteiger partial charge in [0.25, 0.3) is 0 Å². The Balaban J connectivity index is 1.29. The second-order valence-electron chi connectivity index (χ2n) is 8.23. The third kappa shape index (κ3) is 3.49. The summed E-state index contributed by atoms with van der Waals surface area (Å²) in [6.07, 6.45) is 5.01. The molecule has 3 aromatic heterocycles. The zero-order chi connectivity index (χ0) is 21.4. The van der Waals surface area contributed by atoms with Crippen LogP contribution < -0.4 is 10.2 Å². The molecule has 5 rings (SSSR count). The number of aryl methyl sites for hydroxylation is 1. The SMILES string of the molecule is Cc1c[nH]c2ncnc(N3CCC(C)(C(=O)Nc4cccc(-c5nnn[nH]5)c4)CC3)c12. The predicted octanol–water partition coefficient (Wildman–Crippen LogP) is 2.69. The molecule has 4 heterocycles. The van der Waals surface area contributed by atoms with Crippen LogP contribution in [-0.2, 0) is 4.79 Å². The van der Waals surface area contributed by atoms with Crippen LogP contribution in [0.2, 0.25) is 0 Å². The largest absolute Gasteiger partial charge is 0.356 e. The molecule has 0 saturated carbocycles. The second-order valence-corrected chi connectivity index (χ2v) is 8.23. The van der Waals surface area contributed by atoms with Crippen molar-refractivity contribution < 1.29 is 4.79 Å². The average Bonchev–Trinajstić information content (AvgIpc) is 3.45. The van der Waals surface area contributed by atoms with Crippen LogP contribution in [0.3, 0.4) is 0 Å². The highest BCUT2D eigenvalue weighted by molar-refractivity contribution is 5.96. The third-order valence-corrected chi connectivity index (χ3v) is 6.10. The highest BCUT2D eigenvalue weighted by Gasteiger charge is 2.37. The van der Waals surface area contributed by atoms with Crippen LogP contribution in [0.25, 0.3) is 22.4 Å². The first-order valence-electron chi connectivity index (χ1n) is 10.2. The van der Waals surface area contributed by atoms with E-state index in [1.54, 1.807) is 6.33 Å². The van der Waals surface area contributed by atoms with Gasteiger partial charge in [-0.3, -0.25) is 4.79 Å². The first-order chi connectivity index (χ1) is 15.0. The van der Waals surface area contributed by atoms with Gasteiger partial charge in [0.2, 0.25) is 5.91 Å². The lowest BCUT2D eigenvalue weighted by atomic mass is 9.79. The Labute approximate surface area is 178 Å². The molecule has 1 amide bonds. The van der Waals surface area contributed by atoms with Crippen molar-refractivity contribution in [1.82, 2.24) is 35.6 Å². The van der Waals surface area contributed by atoms with E-state index in [1.165, 1.54) is 0 Å². The van der Waals surface area contributed by atoms with Crippen LogP contribution in [0, 0.1) is 12.3 Å². The van der Waals surface area contributed by atoms with E-state index in [9.17, 15) is 4.79 Å². The molecule has 1 aromatic carbocycles. The number of hydrogen-bond acceptors (Lipinski definition) is 7. The van der Waals surface area contributed by atoms with Gasteiger partial charge in [-0.1, -0.05) is 19.1 Å². The molecule has 31 heavy (non-hydrogen) atoms. The first kappa shape index (κ1) is 19.2. The van der Waals surface area contributed by atoms with Crippen LogP contribution in [-0.4, -0.2) is 54.6 Å². The van der Waals surface area contributed by atoms with Crippen LogP contribution in [0.5, 0.6) is 0 Å². The highest BCUT2D eigenvalue weighted by Crippen LogP contribution is 2.36. The summed E-state index contributed by atoms with van der Waals surface area (Å²) in [5.41, 5.74) is 3.05. The van der Waals surface area contributed by atoms with Crippen LogP contribution in [0.15, 0.2) is 36.8 Å². The molecule has 1 aliphatic rings. The number of amides is 1. The topological polar surface area (TPSA) is 128 Å². The molecule has 10 heteroatoms. The van der Waals surface area contributed by atoms with E-state index in [4.69, 9.17) is 0 Å². The molecule has 3 N–H and O–H groups in total. The maximum Gasteiger partial charge on any atom is 0.230 e. The highest BCUT2D eigenvalue weighted by atomic mass is 16.2. The molecule has 1 aliphatic heterocycles. The van der Waals surface area contributed by atoms with Crippen molar-refractivity contribution in [3.63, 3.8) is 0 Å². The van der Waals surface area contributed by atoms with Crippen LogP contribution in [0.4, 0.5) is 11.5 Å². The molecule has 1 saturated heterocycles. The van der Waals surface area contributed by atoms with Gasteiger partial charge in [0.05, 0.1) is 10.8 Å². The minimum Gasteiger partial charge on any atom is -0.356 e. The van der Waals surface area contributed by atoms with E-state index in [0.29, 0.717) is 5.82 Å². The minimum atomic E-state index is -0.459. The summed E-state index contributed by atoms with van der Waals surface area (Å²) in [7, 11) is 0. The van der Waals surface area contributed by atoms with E-state index < -0.39 is 5.41 Å². The third-order valence-electron chi connectivity index (χ3n) is 6.10. The van der Waals surface area contributed by atoms with Crippen molar-refractivity contribution in [2.75, 3.05) is 23.3 Å². The number of anilines is 2. The van der Waals surface area contributed by atoms with Gasteiger partial charge in [0.15, 0.2) is 5.82 Å². The van der Waals surface area contributed by atoms with Crippen LogP contribution >= 0.6 is 0 Å². The molecular weight excluding hydrogens is 394 g/mol. The van der Waals surface area contributed by atoms with E-state index in [2.05, 4.69) is 52.7 Å². The minimum absolute atomic E-state index is 0.0191. The van der Waals surface area contributed by atoms with Gasteiger partial charge in [-0.15, -0.1) is 5.10 Å². The van der Waals surface area contributed by atoms with E-state index in [-0.39, 0.29) is 5.91 Å². The lowest BCUT2D eigenvalue weighted by Crippen LogP contribution is -2.45. The standard InChI is InChI=1S/C21H23N9O/c1-13-11-22-18-16(13)19(24-12-23-18)30-8-6-21(2,7-9-30)20(31)25-15-5-3-4-14(10-15)17-26-28-29-27-17/h3-5,10-12H,6-9H2,1-2H3,(H,25,31)(H,22,23,24)(H,26,27,28,29). The number of nitrogens with one attached hydrogen (secondary N) is 3. The monoisotopic (exact) mass is 417 g/mol. The Hall–Kier alpha value is -3.82. The number of carbonyl (C=O) groups is 1. The van der Waals surface area contributed by atoms with Crippen molar-refractivity contribution in [2.24, 2.45) is 5.41 Å². The number of nitrogens with zero attached hydrogens (tertiary/aromatic N) is 6. The second kappa shape index (κ2) is 7.46. The fourth-order valence-electron chi connectivity index (χ4n) is 4.08. The number of H-pyrrole nitrogens is 2. The van der Waals surface area contributed by atoms with Crippen molar-refractivity contribution >= 4 is 28.4 Å². The zero-order valence-electron chi connectivity index (χ0n) is 17.4. The number of tetrazole rings is 1. The lowest BCUT2D eigenvalue weighted by Gasteiger charge is -2.39. The summed E-state index contributed by atoms with van der Waals surface area (Å²) in [6.45, 7) is 5.59. The average molecular weight is 417 g/mol. The summed E-state index contributed by atoms with van der Waals surface area (Å²) in [5, 5.41) is 18.0. The molecule has 0 bridgehead atoms. The van der Waals surface area contributed by atoms with Gasteiger partial charge in [0, 0.05) is 30.5 Å². The van der Waals surface area contributed by atoms with Gasteiger partial charge in [-0.05, 0) is 47.9 Å². The van der Waals surface area contributed by atoms with Crippen molar-refractivity contribution in [2.45, 2.75) is 26.7 Å². The zero-order valence-corrected chi connectivity index (χ0v) is 17.4. The van der Waals surface area contributed by atoms with Gasteiger partial charge >= 0.3 is 0 Å². The van der Waals surface area contributed by atoms with E-state index in [1.807, 2.05) is 37.4 Å². The van der Waals surface area contributed by atoms with Crippen molar-refractivity contribution in [3.8, 4) is 11.4 Å². The summed E-state index contributed by atoms with van der Waals surface area (Å²) in [6, 6.07) is 7.50. The summed E-state index contributed by atoms with van der Waals surface area (Å²) < 4.78 is 0. The molecule has 4 aromatic rings. The number of fused-ring (bicyclic) bond motifs is 1. The van der Waals surface area contributed by atoms with Crippen LogP contribution in [0.1, 0.15) is 25.3 Å². The maximum atomic E-state index is 13.1. The fourth-order valence-corrected chi connectivity index (χ4v) is 4.08. The molecule has 0 unspecified atom stereocenters. The fraction of sp³-hybridized carbons (Fsp3) is 0.333. The number of benzene rings is 1. The molecule has 1 fully saturated rings. The number of rotatable bonds is 4. The number of piperidine rings is 1. The molecule has 0 aliphatic carbocycles. The number of aromatic amines is 2. The smallest absolute Gasteiger partial charge is 0.230 e. The summed E-state index contributed by atoms with van der Waals surface area (Å²) in [4.78, 5) is 27.4. The Morgan fingerprint density at radius 3 is 2.84 bits per heavy atom. The Morgan fingerprint density at radius 1 is 1.23 bits per heavy atom. The van der Waals surface area contributed by atoms with Crippen molar-refractivity contribution in [3.05, 3.63) is 42.4 Å². The summed E-state index contributed by atoms with van der Waals surface area (Å²) >= 11 is 0. The Kier molecular flexibility index (Phi) is 4.61. The number of hydrogen-bond donors (Lipinski definition) is 3. The number of aromatic nitrogens is 7. The molecule has 10 nitrogen and oxygen atoms in total. The predicted molar refractivity (Wildman–Crippen MR) is 116 cm³/mol. The molecule has 158 valence electrons. The lowest BCUT2D eigenvalue weighted by molar-refractivity contribution is -0.125. The van der Waals surface area contributed by atoms with E-state index in [0.717, 1.165) is 59.6 Å². The van der Waals surface area contributed by atoms with Gasteiger partial charge in [-0.2, -0.15) is 0 Å².